The van der Waals surface area contributed by atoms with E-state index in [0.717, 1.165) is 27.6 Å². The van der Waals surface area contributed by atoms with Gasteiger partial charge in [-0.05, 0) is 41.3 Å². The molecule has 6 heteroatoms. The molecule has 0 aliphatic carbocycles. The number of anilines is 2. The maximum absolute atomic E-state index is 11.8. The van der Waals surface area contributed by atoms with Crippen LogP contribution in [0, 0.1) is 10.1 Å². The number of nitro benzene ring substituents is 1. The van der Waals surface area contributed by atoms with Gasteiger partial charge in [-0.3, -0.25) is 15.1 Å². The second-order valence-electron chi connectivity index (χ2n) is 7.42. The molecule has 1 heterocycles. The van der Waals surface area contributed by atoms with E-state index in [-0.39, 0.29) is 10.6 Å². The molecule has 1 N–H and O–H groups in total. The number of hydrogen-bond donors (Lipinski definition) is 1. The van der Waals surface area contributed by atoms with Crippen LogP contribution in [-0.4, -0.2) is 9.91 Å². The average Bonchev–Trinajstić information content (AvgIpc) is 2.83. The van der Waals surface area contributed by atoms with Crippen LogP contribution in [0.2, 0.25) is 0 Å². The van der Waals surface area contributed by atoms with Gasteiger partial charge >= 0.3 is 0 Å². The van der Waals surface area contributed by atoms with Gasteiger partial charge in [0.2, 0.25) is 0 Å². The first-order valence-electron chi connectivity index (χ1n) is 10.2. The summed E-state index contributed by atoms with van der Waals surface area (Å²) >= 11 is 0. The summed E-state index contributed by atoms with van der Waals surface area (Å²) < 4.78 is 5.88. The minimum atomic E-state index is -0.352. The molecule has 156 valence electrons. The van der Waals surface area contributed by atoms with Crippen LogP contribution in [-0.2, 0) is 6.61 Å². The van der Waals surface area contributed by atoms with Crippen molar-refractivity contribution in [2.24, 2.45) is 0 Å². The third kappa shape index (κ3) is 3.94. The molecule has 1 aromatic heterocycles. The third-order valence-electron chi connectivity index (χ3n) is 5.27. The predicted molar refractivity (Wildman–Crippen MR) is 126 cm³/mol. The highest BCUT2D eigenvalue weighted by Crippen LogP contribution is 2.35. The fourth-order valence-electron chi connectivity index (χ4n) is 3.71. The third-order valence-corrected chi connectivity index (χ3v) is 5.27. The number of pyridine rings is 1. The van der Waals surface area contributed by atoms with Gasteiger partial charge in [0.05, 0.1) is 27.7 Å². The van der Waals surface area contributed by atoms with Crippen LogP contribution in [0.4, 0.5) is 17.1 Å². The van der Waals surface area contributed by atoms with Crippen molar-refractivity contribution in [3.05, 3.63) is 113 Å². The summed E-state index contributed by atoms with van der Waals surface area (Å²) in [5.74, 6) is 0.736. The summed E-state index contributed by atoms with van der Waals surface area (Å²) in [6, 6.07) is 28.5. The van der Waals surface area contributed by atoms with Crippen molar-refractivity contribution in [1.82, 2.24) is 4.98 Å². The van der Waals surface area contributed by atoms with Crippen molar-refractivity contribution in [2.75, 3.05) is 5.32 Å². The van der Waals surface area contributed by atoms with Crippen LogP contribution in [0.15, 0.2) is 97.2 Å². The number of ether oxygens (including phenoxy) is 1. The zero-order valence-electron chi connectivity index (χ0n) is 17.1. The van der Waals surface area contributed by atoms with Gasteiger partial charge in [-0.15, -0.1) is 0 Å². The molecule has 5 aromatic rings. The number of nitrogens with one attached hydrogen (secondary N) is 1. The van der Waals surface area contributed by atoms with Crippen LogP contribution >= 0.6 is 0 Å². The molecule has 0 fully saturated rings. The number of nitrogens with zero attached hydrogens (tertiary/aromatic N) is 2. The summed E-state index contributed by atoms with van der Waals surface area (Å²) in [4.78, 5) is 15.9. The number of benzene rings is 4. The summed E-state index contributed by atoms with van der Waals surface area (Å²) in [5.41, 5.74) is 3.03. The van der Waals surface area contributed by atoms with E-state index in [2.05, 4.69) is 10.3 Å². The number of rotatable bonds is 6. The van der Waals surface area contributed by atoms with Crippen molar-refractivity contribution in [2.45, 2.75) is 6.61 Å². The highest BCUT2D eigenvalue weighted by Gasteiger charge is 2.18. The molecular weight excluding hydrogens is 402 g/mol. The summed E-state index contributed by atoms with van der Waals surface area (Å²) in [6.45, 7) is 0.484. The molecule has 0 saturated carbocycles. The molecule has 0 aliphatic rings. The van der Waals surface area contributed by atoms with E-state index in [1.165, 1.54) is 0 Å². The first-order valence-corrected chi connectivity index (χ1v) is 10.2. The summed E-state index contributed by atoms with van der Waals surface area (Å²) in [6.07, 6.45) is 1.67. The number of hydrogen-bond acceptors (Lipinski definition) is 5. The standard InChI is InChI=1S/C26H19N3O3/c30-29(31)26-23-9-5-4-8-19(23)11-13-24(26)28-21-14-20-10-12-22(15-25(20)27-16-21)32-17-18-6-2-1-3-7-18/h1-16,28H,17H2. The summed E-state index contributed by atoms with van der Waals surface area (Å²) in [7, 11) is 0. The zero-order valence-corrected chi connectivity index (χ0v) is 17.1. The smallest absolute Gasteiger partial charge is 0.300 e. The Labute approximate surface area is 184 Å². The quantitative estimate of drug-likeness (QED) is 0.246. The van der Waals surface area contributed by atoms with E-state index < -0.39 is 0 Å². The Morgan fingerprint density at radius 3 is 2.50 bits per heavy atom. The fraction of sp³-hybridized carbons (Fsp3) is 0.0385. The van der Waals surface area contributed by atoms with Crippen molar-refractivity contribution >= 4 is 38.7 Å². The zero-order chi connectivity index (χ0) is 21.9. The largest absolute Gasteiger partial charge is 0.489 e. The molecule has 32 heavy (non-hydrogen) atoms. The van der Waals surface area contributed by atoms with Crippen molar-refractivity contribution in [3.8, 4) is 5.75 Å². The highest BCUT2D eigenvalue weighted by molar-refractivity contribution is 5.97. The van der Waals surface area contributed by atoms with E-state index in [1.54, 1.807) is 24.4 Å². The van der Waals surface area contributed by atoms with E-state index in [4.69, 9.17) is 4.74 Å². The minimum absolute atomic E-state index is 0.0489. The number of nitro groups is 1. The van der Waals surface area contributed by atoms with Crippen LogP contribution < -0.4 is 10.1 Å². The Morgan fingerprint density at radius 2 is 1.66 bits per heavy atom. The predicted octanol–water partition coefficient (Wildman–Crippen LogP) is 6.62. The molecule has 0 amide bonds. The van der Waals surface area contributed by atoms with Gasteiger partial charge in [0.15, 0.2) is 0 Å². The molecule has 0 aliphatic heterocycles. The maximum atomic E-state index is 11.8. The van der Waals surface area contributed by atoms with E-state index in [9.17, 15) is 10.1 Å². The second-order valence-corrected chi connectivity index (χ2v) is 7.42. The van der Waals surface area contributed by atoms with Gasteiger partial charge in [0.1, 0.15) is 18.0 Å². The van der Waals surface area contributed by atoms with E-state index in [0.29, 0.717) is 23.4 Å². The maximum Gasteiger partial charge on any atom is 0.300 e. The molecule has 0 saturated heterocycles. The van der Waals surface area contributed by atoms with Gasteiger partial charge in [-0.1, -0.05) is 54.6 Å². The molecule has 0 bridgehead atoms. The topological polar surface area (TPSA) is 77.3 Å². The molecule has 5 rings (SSSR count). The summed E-state index contributed by atoms with van der Waals surface area (Å²) in [5, 5.41) is 17.3. The molecule has 0 radical (unpaired) electrons. The van der Waals surface area contributed by atoms with Crippen LogP contribution in [0.3, 0.4) is 0 Å². The fourth-order valence-corrected chi connectivity index (χ4v) is 3.71. The lowest BCUT2D eigenvalue weighted by molar-refractivity contribution is -0.382. The number of aromatic nitrogens is 1. The second kappa shape index (κ2) is 8.35. The average molecular weight is 421 g/mol. The molecule has 0 atom stereocenters. The van der Waals surface area contributed by atoms with Gasteiger partial charge in [-0.2, -0.15) is 0 Å². The van der Waals surface area contributed by atoms with E-state index in [1.807, 2.05) is 72.8 Å². The first kappa shape index (κ1) is 19.5. The van der Waals surface area contributed by atoms with Crippen LogP contribution in [0.1, 0.15) is 5.56 Å². The van der Waals surface area contributed by atoms with Gasteiger partial charge in [-0.25, -0.2) is 0 Å². The molecule has 0 unspecified atom stereocenters. The van der Waals surface area contributed by atoms with Gasteiger partial charge in [0, 0.05) is 11.5 Å². The van der Waals surface area contributed by atoms with Crippen LogP contribution in [0.5, 0.6) is 5.75 Å². The molecule has 4 aromatic carbocycles. The molecular formula is C26H19N3O3. The monoisotopic (exact) mass is 421 g/mol. The van der Waals surface area contributed by atoms with Crippen molar-refractivity contribution in [1.29, 1.82) is 0 Å². The Balaban J connectivity index is 1.41. The normalized spacial score (nSPS) is 10.9. The van der Waals surface area contributed by atoms with E-state index >= 15 is 0 Å². The Bertz CT molecular complexity index is 1430. The van der Waals surface area contributed by atoms with Crippen molar-refractivity contribution < 1.29 is 9.66 Å². The first-order chi connectivity index (χ1) is 15.7. The SMILES string of the molecule is O=[N+]([O-])c1c(Nc2cnc3cc(OCc4ccccc4)ccc3c2)ccc2ccccc12. The Morgan fingerprint density at radius 1 is 0.875 bits per heavy atom. The lowest BCUT2D eigenvalue weighted by Gasteiger charge is -2.11. The Kier molecular flexibility index (Phi) is 5.09. The lowest BCUT2D eigenvalue weighted by Crippen LogP contribution is -1.99. The lowest BCUT2D eigenvalue weighted by atomic mass is 10.1. The van der Waals surface area contributed by atoms with Gasteiger partial charge in [0.25, 0.3) is 5.69 Å². The minimum Gasteiger partial charge on any atom is -0.489 e. The van der Waals surface area contributed by atoms with Gasteiger partial charge < -0.3 is 10.1 Å². The van der Waals surface area contributed by atoms with Crippen LogP contribution in [0.25, 0.3) is 21.7 Å². The van der Waals surface area contributed by atoms with Crippen molar-refractivity contribution in [3.63, 3.8) is 0 Å². The molecule has 0 spiro atoms. The number of fused-ring (bicyclic) bond motifs is 2. The molecule has 6 nitrogen and oxygen atoms in total. The highest BCUT2D eigenvalue weighted by atomic mass is 16.6. The Hall–Kier alpha value is -4.45.